The van der Waals surface area contributed by atoms with Crippen LogP contribution in [0.25, 0.3) is 0 Å². The van der Waals surface area contributed by atoms with Gasteiger partial charge in [-0.25, -0.2) is 4.57 Å². The lowest BCUT2D eigenvalue weighted by Gasteiger charge is -2.20. The standard InChI is InChI=1S/C43H77O11P/c1-38(2)30-26-22-18-14-10-9-13-17-21-25-29-33-43(48)54-41(37-53-55(49,50)52-35-40(46)34-44)36-51-42(47)32-28-24-20-16-12-8-6-4-5-7-11-15-19-23-27-31-39(3)45/h5-8,15-16,19-20,38-41,44-46H,4,9-14,17-18,21-37H2,1-3H3,(H,49,50)/b7-5-,8-6-,19-15-,20-16-/t39-,40+,41-/m1/s1. The quantitative estimate of drug-likeness (QED) is 0.0203. The number of unbranched alkanes of at least 4 members (excludes halogenated alkanes) is 12. The molecule has 0 bridgehead atoms. The molecule has 0 amide bonds. The van der Waals surface area contributed by atoms with Gasteiger partial charge in [-0.1, -0.05) is 133 Å². The molecule has 1 unspecified atom stereocenters. The maximum Gasteiger partial charge on any atom is 0.472 e. The highest BCUT2D eigenvalue weighted by Gasteiger charge is 2.27. The molecule has 0 aromatic heterocycles. The highest BCUT2D eigenvalue weighted by molar-refractivity contribution is 7.47. The number of aliphatic hydroxyl groups is 3. The van der Waals surface area contributed by atoms with Crippen molar-refractivity contribution in [2.75, 3.05) is 26.4 Å². The smallest absolute Gasteiger partial charge is 0.462 e. The predicted molar refractivity (Wildman–Crippen MR) is 220 cm³/mol. The number of esters is 2. The summed E-state index contributed by atoms with van der Waals surface area (Å²) in [5.74, 6) is -0.218. The van der Waals surface area contributed by atoms with Crippen LogP contribution in [0.2, 0.25) is 0 Å². The summed E-state index contributed by atoms with van der Waals surface area (Å²) in [5, 5.41) is 27.6. The van der Waals surface area contributed by atoms with Crippen LogP contribution >= 0.6 is 7.82 Å². The average Bonchev–Trinajstić information content (AvgIpc) is 3.14. The zero-order chi connectivity index (χ0) is 40.8. The summed E-state index contributed by atoms with van der Waals surface area (Å²) in [7, 11) is -4.63. The van der Waals surface area contributed by atoms with Crippen molar-refractivity contribution in [1.29, 1.82) is 0 Å². The Labute approximate surface area is 333 Å². The zero-order valence-corrected chi connectivity index (χ0v) is 35.3. The Hall–Kier alpha value is -2.11. The van der Waals surface area contributed by atoms with E-state index in [1.807, 2.05) is 19.1 Å². The first-order valence-electron chi connectivity index (χ1n) is 21.0. The van der Waals surface area contributed by atoms with Crippen LogP contribution in [0, 0.1) is 5.92 Å². The third kappa shape index (κ3) is 39.9. The Kier molecular flexibility index (Phi) is 36.0. The number of carbonyl (C=O) groups excluding carboxylic acids is 2. The van der Waals surface area contributed by atoms with Crippen LogP contribution in [0.3, 0.4) is 0 Å². The van der Waals surface area contributed by atoms with Gasteiger partial charge in [0.1, 0.15) is 12.7 Å². The minimum atomic E-state index is -4.63. The summed E-state index contributed by atoms with van der Waals surface area (Å²) < 4.78 is 32.6. The monoisotopic (exact) mass is 801 g/mol. The Morgan fingerprint density at radius 2 is 1.05 bits per heavy atom. The number of rotatable bonds is 38. The minimum Gasteiger partial charge on any atom is -0.462 e. The fourth-order valence-corrected chi connectivity index (χ4v) is 6.21. The lowest BCUT2D eigenvalue weighted by Crippen LogP contribution is -2.29. The van der Waals surface area contributed by atoms with E-state index in [4.69, 9.17) is 19.1 Å². The first-order chi connectivity index (χ1) is 26.4. The summed E-state index contributed by atoms with van der Waals surface area (Å²) in [5.41, 5.74) is 0. The zero-order valence-electron chi connectivity index (χ0n) is 34.4. The van der Waals surface area contributed by atoms with Gasteiger partial charge < -0.3 is 29.7 Å². The number of phosphoric ester groups is 1. The molecular weight excluding hydrogens is 723 g/mol. The van der Waals surface area contributed by atoms with Crippen molar-refractivity contribution in [3.05, 3.63) is 48.6 Å². The van der Waals surface area contributed by atoms with E-state index in [9.17, 15) is 29.3 Å². The van der Waals surface area contributed by atoms with Gasteiger partial charge in [0.15, 0.2) is 6.10 Å². The SMILES string of the molecule is CC(C)CCCCCCCCCCCCCC(=O)O[C@H](COC(=O)CCC/C=C\C/C=C\C/C=C\C/C=C\CCC[C@@H](C)O)COP(=O)(O)OC[C@@H](O)CO. The van der Waals surface area contributed by atoms with Gasteiger partial charge >= 0.3 is 19.8 Å². The van der Waals surface area contributed by atoms with Gasteiger partial charge in [-0.05, 0) is 70.6 Å². The van der Waals surface area contributed by atoms with Gasteiger partial charge in [0.05, 0.1) is 25.9 Å². The van der Waals surface area contributed by atoms with Crippen LogP contribution in [-0.4, -0.2) is 76.9 Å². The molecule has 0 aromatic rings. The van der Waals surface area contributed by atoms with Crippen LogP contribution < -0.4 is 0 Å². The third-order valence-electron chi connectivity index (χ3n) is 8.68. The number of ether oxygens (including phenoxy) is 2. The first-order valence-corrected chi connectivity index (χ1v) is 22.5. The molecule has 11 nitrogen and oxygen atoms in total. The second kappa shape index (κ2) is 37.5. The third-order valence-corrected chi connectivity index (χ3v) is 9.63. The fraction of sp³-hybridized carbons (Fsp3) is 0.767. The van der Waals surface area contributed by atoms with Gasteiger partial charge in [0.25, 0.3) is 0 Å². The molecule has 4 atom stereocenters. The van der Waals surface area contributed by atoms with E-state index in [1.54, 1.807) is 0 Å². The molecule has 4 N–H and O–H groups in total. The van der Waals surface area contributed by atoms with Crippen LogP contribution in [0.4, 0.5) is 0 Å². The largest absolute Gasteiger partial charge is 0.472 e. The topological polar surface area (TPSA) is 169 Å². The summed E-state index contributed by atoms with van der Waals surface area (Å²) in [6.45, 7) is 4.16. The lowest BCUT2D eigenvalue weighted by atomic mass is 10.0. The Morgan fingerprint density at radius 3 is 1.58 bits per heavy atom. The molecular formula is C43H77O11P. The molecule has 0 rings (SSSR count). The molecule has 12 heteroatoms. The lowest BCUT2D eigenvalue weighted by molar-refractivity contribution is -0.161. The van der Waals surface area contributed by atoms with Crippen LogP contribution in [0.5, 0.6) is 0 Å². The predicted octanol–water partition coefficient (Wildman–Crippen LogP) is 9.77. The van der Waals surface area contributed by atoms with Crippen LogP contribution in [0.1, 0.15) is 162 Å². The van der Waals surface area contributed by atoms with Crippen molar-refractivity contribution in [3.63, 3.8) is 0 Å². The van der Waals surface area contributed by atoms with E-state index in [0.29, 0.717) is 19.3 Å². The Bertz CT molecular complexity index is 1090. The molecule has 0 aliphatic rings. The highest BCUT2D eigenvalue weighted by atomic mass is 31.2. The van der Waals surface area contributed by atoms with Crippen molar-refractivity contribution in [2.24, 2.45) is 5.92 Å². The van der Waals surface area contributed by atoms with E-state index < -0.39 is 51.8 Å². The molecule has 0 aliphatic carbocycles. The van der Waals surface area contributed by atoms with E-state index in [-0.39, 0.29) is 25.6 Å². The van der Waals surface area contributed by atoms with Crippen molar-refractivity contribution in [2.45, 2.75) is 180 Å². The van der Waals surface area contributed by atoms with Crippen LogP contribution in [-0.2, 0) is 32.7 Å². The second-order valence-corrected chi connectivity index (χ2v) is 16.2. The molecule has 0 aliphatic heterocycles. The summed E-state index contributed by atoms with van der Waals surface area (Å²) >= 11 is 0. The van der Waals surface area contributed by atoms with E-state index in [2.05, 4.69) is 54.8 Å². The number of allylic oxidation sites excluding steroid dienone is 8. The summed E-state index contributed by atoms with van der Waals surface area (Å²) in [4.78, 5) is 34.9. The number of hydrogen-bond acceptors (Lipinski definition) is 10. The van der Waals surface area contributed by atoms with Crippen molar-refractivity contribution < 1.29 is 52.9 Å². The molecule has 0 saturated carbocycles. The van der Waals surface area contributed by atoms with Gasteiger partial charge in [-0.15, -0.1) is 0 Å². The molecule has 0 fully saturated rings. The fourth-order valence-electron chi connectivity index (χ4n) is 5.42. The van der Waals surface area contributed by atoms with Gasteiger partial charge in [-0.2, -0.15) is 0 Å². The summed E-state index contributed by atoms with van der Waals surface area (Å²) in [6, 6.07) is 0. The van der Waals surface area contributed by atoms with Crippen molar-refractivity contribution in [1.82, 2.24) is 0 Å². The first kappa shape index (κ1) is 52.9. The molecule has 0 aromatic carbocycles. The highest BCUT2D eigenvalue weighted by Crippen LogP contribution is 2.43. The molecule has 0 heterocycles. The average molecular weight is 801 g/mol. The van der Waals surface area contributed by atoms with Gasteiger partial charge in [0.2, 0.25) is 0 Å². The molecule has 0 radical (unpaired) electrons. The van der Waals surface area contributed by atoms with Crippen molar-refractivity contribution in [3.8, 4) is 0 Å². The number of phosphoric acid groups is 1. The Balaban J connectivity index is 4.41. The second-order valence-electron chi connectivity index (χ2n) is 14.8. The van der Waals surface area contributed by atoms with E-state index in [0.717, 1.165) is 63.7 Å². The number of hydrogen-bond donors (Lipinski definition) is 4. The minimum absolute atomic E-state index is 0.153. The Morgan fingerprint density at radius 1 is 0.582 bits per heavy atom. The van der Waals surface area contributed by atoms with E-state index >= 15 is 0 Å². The number of carbonyl (C=O) groups is 2. The van der Waals surface area contributed by atoms with Gasteiger partial charge in [-0.3, -0.25) is 18.6 Å². The maximum absolute atomic E-state index is 12.6. The van der Waals surface area contributed by atoms with Gasteiger partial charge in [0, 0.05) is 12.8 Å². The molecule has 0 saturated heterocycles. The van der Waals surface area contributed by atoms with Crippen LogP contribution in [0.15, 0.2) is 48.6 Å². The normalized spacial score (nSPS) is 15.1. The molecule has 55 heavy (non-hydrogen) atoms. The van der Waals surface area contributed by atoms with Crippen molar-refractivity contribution >= 4 is 19.8 Å². The number of aliphatic hydroxyl groups excluding tert-OH is 3. The molecule has 0 spiro atoms. The maximum atomic E-state index is 12.6. The molecule has 320 valence electrons. The summed E-state index contributed by atoms with van der Waals surface area (Å²) in [6.07, 6.45) is 35.1. The van der Waals surface area contributed by atoms with E-state index in [1.165, 1.54) is 51.4 Å².